The number of ether oxygens (including phenoxy) is 1. The van der Waals surface area contributed by atoms with Gasteiger partial charge in [-0.25, -0.2) is 0 Å². The highest BCUT2D eigenvalue weighted by Gasteiger charge is 2.12. The molecule has 0 fully saturated rings. The molecule has 8 nitrogen and oxygen atoms in total. The fourth-order valence-electron chi connectivity index (χ4n) is 3.37. The Bertz CT molecular complexity index is 1280. The molecule has 1 heterocycles. The summed E-state index contributed by atoms with van der Waals surface area (Å²) in [4.78, 5) is 23.2. The number of rotatable bonds is 8. The second-order valence-corrected chi connectivity index (χ2v) is 7.53. The predicted octanol–water partition coefficient (Wildman–Crippen LogP) is 4.98. The second-order valence-electron chi connectivity index (χ2n) is 7.53. The minimum atomic E-state index is -0.425. The smallest absolute Gasteiger partial charge is 0.272 e. The van der Waals surface area contributed by atoms with Gasteiger partial charge in [0, 0.05) is 29.5 Å². The molecule has 0 radical (unpaired) electrons. The quantitative estimate of drug-likeness (QED) is 0.306. The zero-order valence-corrected chi connectivity index (χ0v) is 18.0. The number of anilines is 1. The highest BCUT2D eigenvalue weighted by molar-refractivity contribution is 6.03. The van der Waals surface area contributed by atoms with Crippen molar-refractivity contribution in [1.82, 2.24) is 9.78 Å². The molecule has 4 rings (SSSR count). The standard InChI is InChI=1S/C25H22N4O4/c1-18-14-22(10-11-23(18)29(31)32)33-17-20-8-5-9-21(15-20)25(30)26-24-12-13-28(27-24)16-19-6-3-2-4-7-19/h2-15H,16-17H2,1H3,(H,26,27,30). The molecular formula is C25H22N4O4. The molecule has 33 heavy (non-hydrogen) atoms. The largest absolute Gasteiger partial charge is 0.489 e. The van der Waals surface area contributed by atoms with E-state index in [-0.39, 0.29) is 18.2 Å². The van der Waals surface area contributed by atoms with Gasteiger partial charge in [0.05, 0.1) is 11.5 Å². The zero-order chi connectivity index (χ0) is 23.2. The first-order valence-corrected chi connectivity index (χ1v) is 10.3. The van der Waals surface area contributed by atoms with Crippen molar-refractivity contribution in [2.45, 2.75) is 20.1 Å². The predicted molar refractivity (Wildman–Crippen MR) is 124 cm³/mol. The van der Waals surface area contributed by atoms with E-state index in [0.717, 1.165) is 11.1 Å². The summed E-state index contributed by atoms with van der Waals surface area (Å²) in [6, 6.07) is 23.4. The molecule has 8 heteroatoms. The van der Waals surface area contributed by atoms with E-state index in [0.29, 0.717) is 29.2 Å². The molecule has 1 amide bonds. The van der Waals surface area contributed by atoms with Gasteiger partial charge in [-0.05, 0) is 42.3 Å². The van der Waals surface area contributed by atoms with Crippen molar-refractivity contribution in [1.29, 1.82) is 0 Å². The molecule has 0 saturated carbocycles. The van der Waals surface area contributed by atoms with Crippen molar-refractivity contribution >= 4 is 17.4 Å². The molecule has 3 aromatic carbocycles. The van der Waals surface area contributed by atoms with Crippen LogP contribution in [-0.4, -0.2) is 20.6 Å². The monoisotopic (exact) mass is 442 g/mol. The van der Waals surface area contributed by atoms with Crippen LogP contribution in [0.5, 0.6) is 5.75 Å². The Kier molecular flexibility index (Phi) is 6.45. The lowest BCUT2D eigenvalue weighted by Gasteiger charge is -2.09. The normalized spacial score (nSPS) is 10.6. The van der Waals surface area contributed by atoms with E-state index in [9.17, 15) is 14.9 Å². The van der Waals surface area contributed by atoms with Crippen molar-refractivity contribution in [2.75, 3.05) is 5.32 Å². The first-order chi connectivity index (χ1) is 16.0. The third-order valence-electron chi connectivity index (χ3n) is 5.03. The summed E-state index contributed by atoms with van der Waals surface area (Å²) in [6.07, 6.45) is 1.82. The molecular weight excluding hydrogens is 420 g/mol. The zero-order valence-electron chi connectivity index (χ0n) is 18.0. The molecule has 0 bridgehead atoms. The highest BCUT2D eigenvalue weighted by atomic mass is 16.6. The van der Waals surface area contributed by atoms with Gasteiger partial charge in [-0.1, -0.05) is 42.5 Å². The minimum Gasteiger partial charge on any atom is -0.489 e. The van der Waals surface area contributed by atoms with Crippen LogP contribution in [0.1, 0.15) is 27.0 Å². The Morgan fingerprint density at radius 3 is 2.58 bits per heavy atom. The molecule has 0 unspecified atom stereocenters. The van der Waals surface area contributed by atoms with Crippen molar-refractivity contribution in [3.8, 4) is 5.75 Å². The maximum atomic E-state index is 12.7. The minimum absolute atomic E-state index is 0.0484. The van der Waals surface area contributed by atoms with Crippen molar-refractivity contribution in [2.24, 2.45) is 0 Å². The van der Waals surface area contributed by atoms with E-state index in [1.807, 2.05) is 42.6 Å². The average molecular weight is 442 g/mol. The molecule has 1 N–H and O–H groups in total. The Morgan fingerprint density at radius 2 is 1.82 bits per heavy atom. The third-order valence-corrected chi connectivity index (χ3v) is 5.03. The third kappa shape index (κ3) is 5.62. The first kappa shape index (κ1) is 21.8. The topological polar surface area (TPSA) is 99.3 Å². The van der Waals surface area contributed by atoms with Gasteiger partial charge < -0.3 is 10.1 Å². The van der Waals surface area contributed by atoms with Crippen molar-refractivity contribution < 1.29 is 14.5 Å². The van der Waals surface area contributed by atoms with Gasteiger partial charge in [0.15, 0.2) is 5.82 Å². The second kappa shape index (κ2) is 9.78. The Morgan fingerprint density at radius 1 is 1.03 bits per heavy atom. The Labute approximate surface area is 190 Å². The lowest BCUT2D eigenvalue weighted by atomic mass is 10.1. The molecule has 0 spiro atoms. The lowest BCUT2D eigenvalue weighted by molar-refractivity contribution is -0.385. The van der Waals surface area contributed by atoms with Gasteiger partial charge in [0.25, 0.3) is 11.6 Å². The fraction of sp³-hybridized carbons (Fsp3) is 0.120. The Balaban J connectivity index is 1.37. The van der Waals surface area contributed by atoms with Gasteiger partial charge in [-0.15, -0.1) is 0 Å². The van der Waals surface area contributed by atoms with E-state index in [4.69, 9.17) is 4.74 Å². The average Bonchev–Trinajstić information content (AvgIpc) is 3.25. The van der Waals surface area contributed by atoms with Gasteiger partial charge in [0.2, 0.25) is 0 Å². The van der Waals surface area contributed by atoms with Gasteiger partial charge in [-0.3, -0.25) is 19.6 Å². The number of nitro groups is 1. The molecule has 1 aromatic heterocycles. The number of nitrogens with zero attached hydrogens (tertiary/aromatic N) is 3. The lowest BCUT2D eigenvalue weighted by Crippen LogP contribution is -2.13. The van der Waals surface area contributed by atoms with E-state index in [1.165, 1.54) is 6.07 Å². The summed E-state index contributed by atoms with van der Waals surface area (Å²) in [5, 5.41) is 18.2. The molecule has 166 valence electrons. The number of aryl methyl sites for hydroxylation is 1. The van der Waals surface area contributed by atoms with Crippen LogP contribution in [0.15, 0.2) is 85.1 Å². The number of aromatic nitrogens is 2. The molecule has 4 aromatic rings. The van der Waals surface area contributed by atoms with Gasteiger partial charge in [0.1, 0.15) is 12.4 Å². The molecule has 0 aliphatic rings. The molecule has 0 atom stereocenters. The maximum Gasteiger partial charge on any atom is 0.272 e. The summed E-state index contributed by atoms with van der Waals surface area (Å²) >= 11 is 0. The SMILES string of the molecule is Cc1cc(OCc2cccc(C(=O)Nc3ccn(Cc4ccccc4)n3)c2)ccc1[N+](=O)[O-]. The summed E-state index contributed by atoms with van der Waals surface area (Å²) in [5.74, 6) is 0.726. The number of nitrogens with one attached hydrogen (secondary N) is 1. The summed E-state index contributed by atoms with van der Waals surface area (Å²) in [6.45, 7) is 2.51. The van der Waals surface area contributed by atoms with Crippen LogP contribution < -0.4 is 10.1 Å². The van der Waals surface area contributed by atoms with Crippen LogP contribution >= 0.6 is 0 Å². The van der Waals surface area contributed by atoms with Crippen LogP contribution in [0.25, 0.3) is 0 Å². The number of benzene rings is 3. The van der Waals surface area contributed by atoms with E-state index in [2.05, 4.69) is 10.4 Å². The summed E-state index contributed by atoms with van der Waals surface area (Å²) in [7, 11) is 0. The van der Waals surface area contributed by atoms with Crippen LogP contribution in [-0.2, 0) is 13.2 Å². The number of hydrogen-bond acceptors (Lipinski definition) is 5. The molecule has 0 aliphatic heterocycles. The Hall–Kier alpha value is -4.46. The van der Waals surface area contributed by atoms with Gasteiger partial charge in [-0.2, -0.15) is 5.10 Å². The fourth-order valence-corrected chi connectivity index (χ4v) is 3.37. The van der Waals surface area contributed by atoms with Crippen LogP contribution in [0.3, 0.4) is 0 Å². The molecule has 0 aliphatic carbocycles. The number of carbonyl (C=O) groups excluding carboxylic acids is 1. The number of amides is 1. The number of nitro benzene ring substituents is 1. The highest BCUT2D eigenvalue weighted by Crippen LogP contribution is 2.24. The number of carbonyl (C=O) groups is 1. The first-order valence-electron chi connectivity index (χ1n) is 10.3. The summed E-state index contributed by atoms with van der Waals surface area (Å²) in [5.41, 5.74) is 2.97. The maximum absolute atomic E-state index is 12.7. The van der Waals surface area contributed by atoms with E-state index >= 15 is 0 Å². The van der Waals surface area contributed by atoms with Crippen LogP contribution in [0.4, 0.5) is 11.5 Å². The number of hydrogen-bond donors (Lipinski definition) is 1. The van der Waals surface area contributed by atoms with E-state index in [1.54, 1.807) is 48.0 Å². The van der Waals surface area contributed by atoms with Crippen molar-refractivity contribution in [3.05, 3.63) is 117 Å². The van der Waals surface area contributed by atoms with E-state index < -0.39 is 4.92 Å². The summed E-state index contributed by atoms with van der Waals surface area (Å²) < 4.78 is 7.52. The molecule has 0 saturated heterocycles. The van der Waals surface area contributed by atoms with Crippen LogP contribution in [0.2, 0.25) is 0 Å². The van der Waals surface area contributed by atoms with Crippen molar-refractivity contribution in [3.63, 3.8) is 0 Å². The van der Waals surface area contributed by atoms with Gasteiger partial charge >= 0.3 is 0 Å². The van der Waals surface area contributed by atoms with Crippen LogP contribution in [0, 0.1) is 17.0 Å².